The fourth-order valence-corrected chi connectivity index (χ4v) is 3.88. The van der Waals surface area contributed by atoms with E-state index in [1.54, 1.807) is 30.3 Å². The normalized spacial score (nSPS) is 22.4. The van der Waals surface area contributed by atoms with E-state index in [9.17, 15) is 13.6 Å². The van der Waals surface area contributed by atoms with Crippen molar-refractivity contribution in [1.82, 2.24) is 5.06 Å². The first kappa shape index (κ1) is 17.2. The van der Waals surface area contributed by atoms with Crippen LogP contribution in [0.15, 0.2) is 30.3 Å². The van der Waals surface area contributed by atoms with Crippen molar-refractivity contribution in [2.24, 2.45) is 0 Å². The Balaban J connectivity index is 2.10. The molecule has 22 heavy (non-hydrogen) atoms. The van der Waals surface area contributed by atoms with Gasteiger partial charge in [0.15, 0.2) is 0 Å². The largest absolute Gasteiger partial charge is 0.449 e. The van der Waals surface area contributed by atoms with Crippen LogP contribution in [0.3, 0.4) is 0 Å². The van der Waals surface area contributed by atoms with Crippen molar-refractivity contribution < 1.29 is 22.0 Å². The van der Waals surface area contributed by atoms with Crippen molar-refractivity contribution in [2.45, 2.75) is 57.7 Å². The molecule has 1 saturated heterocycles. The van der Waals surface area contributed by atoms with Crippen LogP contribution >= 0.6 is 0 Å². The van der Waals surface area contributed by atoms with Gasteiger partial charge in [0.05, 0.1) is 6.10 Å². The number of hydroxylamine groups is 2. The van der Waals surface area contributed by atoms with E-state index in [-0.39, 0.29) is 5.75 Å². The van der Waals surface area contributed by atoms with Crippen LogP contribution in [0, 0.1) is 0 Å². The summed E-state index contributed by atoms with van der Waals surface area (Å²) >= 11 is 0. The zero-order valence-corrected chi connectivity index (χ0v) is 14.1. The Labute approximate surface area is 131 Å². The molecule has 0 unspecified atom stereocenters. The molecule has 1 aliphatic heterocycles. The van der Waals surface area contributed by atoms with Crippen LogP contribution < -0.4 is 4.18 Å². The number of hydrogen-bond acceptors (Lipinski definition) is 6. The molecule has 1 aromatic carbocycles. The molecule has 0 bridgehead atoms. The molecule has 0 spiro atoms. The maximum atomic E-state index is 12.1. The number of hydrogen-bond donors (Lipinski definition) is 1. The molecule has 124 valence electrons. The van der Waals surface area contributed by atoms with E-state index in [0.29, 0.717) is 12.8 Å². The van der Waals surface area contributed by atoms with Gasteiger partial charge in [-0.2, -0.15) is 13.5 Å². The highest BCUT2D eigenvalue weighted by atomic mass is 32.3. The van der Waals surface area contributed by atoms with Gasteiger partial charge < -0.3 is 9.39 Å². The Bertz CT molecular complexity index is 594. The standard InChI is InChI=1S/C15H23NO5S/c1-14(2)10-13(11-15(3,4)16(14)17)21-22(18,19)20-12-8-6-5-7-9-12/h5-9,13,17H,10-11H2,1-4H3. The van der Waals surface area contributed by atoms with Gasteiger partial charge in [-0.3, -0.25) is 0 Å². The number of nitrogens with zero attached hydrogens (tertiary/aromatic N) is 1. The maximum absolute atomic E-state index is 12.1. The molecule has 0 saturated carbocycles. The second-order valence-corrected chi connectivity index (χ2v) is 8.04. The summed E-state index contributed by atoms with van der Waals surface area (Å²) in [5, 5.41) is 11.5. The van der Waals surface area contributed by atoms with Gasteiger partial charge in [-0.1, -0.05) is 18.2 Å². The van der Waals surface area contributed by atoms with E-state index in [0.717, 1.165) is 0 Å². The number of para-hydroxylation sites is 1. The molecule has 7 heteroatoms. The zero-order valence-electron chi connectivity index (χ0n) is 13.3. The topological polar surface area (TPSA) is 76.1 Å². The molecule has 0 atom stereocenters. The van der Waals surface area contributed by atoms with Crippen molar-refractivity contribution in [2.75, 3.05) is 0 Å². The quantitative estimate of drug-likeness (QED) is 0.915. The van der Waals surface area contributed by atoms with Crippen molar-refractivity contribution in [3.63, 3.8) is 0 Å². The van der Waals surface area contributed by atoms with Crippen LogP contribution in [-0.4, -0.2) is 35.9 Å². The van der Waals surface area contributed by atoms with Gasteiger partial charge in [-0.05, 0) is 52.7 Å². The molecular formula is C15H23NO5S. The lowest BCUT2D eigenvalue weighted by Gasteiger charge is -2.50. The van der Waals surface area contributed by atoms with E-state index in [1.807, 2.05) is 27.7 Å². The van der Waals surface area contributed by atoms with Crippen LogP contribution in [0.4, 0.5) is 0 Å². The zero-order chi connectivity index (χ0) is 16.6. The fourth-order valence-electron chi connectivity index (χ4n) is 3.03. The SMILES string of the molecule is CC1(C)CC(OS(=O)(=O)Oc2ccccc2)CC(C)(C)N1O. The highest BCUT2D eigenvalue weighted by molar-refractivity contribution is 7.82. The van der Waals surface area contributed by atoms with Gasteiger partial charge >= 0.3 is 10.4 Å². The first-order chi connectivity index (χ1) is 10.0. The Kier molecular flexibility index (Phi) is 4.54. The fraction of sp³-hybridized carbons (Fsp3) is 0.600. The second kappa shape index (κ2) is 5.81. The van der Waals surface area contributed by atoms with Crippen molar-refractivity contribution in [1.29, 1.82) is 0 Å². The number of piperidine rings is 1. The first-order valence-electron chi connectivity index (χ1n) is 7.19. The highest BCUT2D eigenvalue weighted by Gasteiger charge is 2.46. The molecular weight excluding hydrogens is 306 g/mol. The highest BCUT2D eigenvalue weighted by Crippen LogP contribution is 2.38. The molecule has 0 amide bonds. The van der Waals surface area contributed by atoms with Gasteiger partial charge in [0, 0.05) is 11.1 Å². The molecule has 0 aliphatic carbocycles. The molecule has 0 aromatic heterocycles. The smallest absolute Gasteiger partial charge is 0.362 e. The van der Waals surface area contributed by atoms with Crippen LogP contribution in [0.1, 0.15) is 40.5 Å². The Hall–Kier alpha value is -1.15. The average molecular weight is 329 g/mol. The monoisotopic (exact) mass is 329 g/mol. The van der Waals surface area contributed by atoms with Gasteiger partial charge in [0.2, 0.25) is 0 Å². The van der Waals surface area contributed by atoms with Crippen molar-refractivity contribution >= 4 is 10.4 Å². The van der Waals surface area contributed by atoms with E-state index >= 15 is 0 Å². The molecule has 1 N–H and O–H groups in total. The summed E-state index contributed by atoms with van der Waals surface area (Å²) < 4.78 is 34.3. The summed E-state index contributed by atoms with van der Waals surface area (Å²) in [6.07, 6.45) is 0.205. The van der Waals surface area contributed by atoms with Gasteiger partial charge in [-0.15, -0.1) is 0 Å². The summed E-state index contributed by atoms with van der Waals surface area (Å²) in [6, 6.07) is 8.22. The summed E-state index contributed by atoms with van der Waals surface area (Å²) in [6.45, 7) is 7.37. The van der Waals surface area contributed by atoms with Gasteiger partial charge in [-0.25, -0.2) is 4.18 Å². The van der Waals surface area contributed by atoms with Crippen LogP contribution in [-0.2, 0) is 14.6 Å². The molecule has 1 heterocycles. The Morgan fingerprint density at radius 3 is 2.09 bits per heavy atom. The molecule has 6 nitrogen and oxygen atoms in total. The lowest BCUT2D eigenvalue weighted by molar-refractivity contribution is -0.254. The predicted molar refractivity (Wildman–Crippen MR) is 81.9 cm³/mol. The number of rotatable bonds is 4. The lowest BCUT2D eigenvalue weighted by atomic mass is 9.80. The Morgan fingerprint density at radius 1 is 1.09 bits per heavy atom. The van der Waals surface area contributed by atoms with E-state index < -0.39 is 27.6 Å². The van der Waals surface area contributed by atoms with E-state index in [4.69, 9.17) is 8.37 Å². The second-order valence-electron chi connectivity index (χ2n) is 6.87. The average Bonchev–Trinajstić information content (AvgIpc) is 2.35. The van der Waals surface area contributed by atoms with E-state index in [1.165, 1.54) is 5.06 Å². The van der Waals surface area contributed by atoms with Crippen LogP contribution in [0.2, 0.25) is 0 Å². The minimum absolute atomic E-state index is 0.209. The van der Waals surface area contributed by atoms with Gasteiger partial charge in [0.25, 0.3) is 0 Å². The third-order valence-electron chi connectivity index (χ3n) is 3.80. The summed E-state index contributed by atoms with van der Waals surface area (Å²) in [5.74, 6) is 0.209. The first-order valence-corrected chi connectivity index (χ1v) is 8.52. The maximum Gasteiger partial charge on any atom is 0.449 e. The van der Waals surface area contributed by atoms with Gasteiger partial charge in [0.1, 0.15) is 5.75 Å². The van der Waals surface area contributed by atoms with Crippen LogP contribution in [0.5, 0.6) is 5.75 Å². The third kappa shape index (κ3) is 3.98. The molecule has 2 rings (SSSR count). The lowest BCUT2D eigenvalue weighted by Crippen LogP contribution is -2.60. The van der Waals surface area contributed by atoms with Crippen molar-refractivity contribution in [3.05, 3.63) is 30.3 Å². The summed E-state index contributed by atoms with van der Waals surface area (Å²) in [7, 11) is -4.15. The molecule has 1 aliphatic rings. The molecule has 1 aromatic rings. The minimum Gasteiger partial charge on any atom is -0.362 e. The summed E-state index contributed by atoms with van der Waals surface area (Å²) in [4.78, 5) is 0. The minimum atomic E-state index is -4.15. The molecule has 0 radical (unpaired) electrons. The van der Waals surface area contributed by atoms with Crippen molar-refractivity contribution in [3.8, 4) is 5.75 Å². The molecule has 1 fully saturated rings. The predicted octanol–water partition coefficient (Wildman–Crippen LogP) is 2.74. The summed E-state index contributed by atoms with van der Waals surface area (Å²) in [5.41, 5.74) is -1.18. The third-order valence-corrected chi connectivity index (χ3v) is 4.70. The van der Waals surface area contributed by atoms with E-state index in [2.05, 4.69) is 0 Å². The Morgan fingerprint density at radius 2 is 1.59 bits per heavy atom. The number of benzene rings is 1. The van der Waals surface area contributed by atoms with Crippen LogP contribution in [0.25, 0.3) is 0 Å².